The van der Waals surface area contributed by atoms with Crippen LogP contribution in [0, 0.1) is 0 Å². The van der Waals surface area contributed by atoms with Crippen LogP contribution in [0.5, 0.6) is 0 Å². The smallest absolute Gasteiger partial charge is 0.339 e. The fourth-order valence-corrected chi connectivity index (χ4v) is 2.92. The van der Waals surface area contributed by atoms with Crippen LogP contribution in [0.25, 0.3) is 0 Å². The molecule has 0 saturated heterocycles. The summed E-state index contributed by atoms with van der Waals surface area (Å²) in [7, 11) is 1.55. The van der Waals surface area contributed by atoms with Gasteiger partial charge in [-0.1, -0.05) is 11.8 Å². The second-order valence-electron chi connectivity index (χ2n) is 3.75. The van der Waals surface area contributed by atoms with Gasteiger partial charge in [-0.3, -0.25) is 19.4 Å². The summed E-state index contributed by atoms with van der Waals surface area (Å²) in [5.74, 6) is -1.04. The van der Waals surface area contributed by atoms with Gasteiger partial charge in [0.1, 0.15) is 0 Å². The molecule has 7 nitrogen and oxygen atoms in total. The lowest BCUT2D eigenvalue weighted by Crippen LogP contribution is -2.33. The van der Waals surface area contributed by atoms with Crippen LogP contribution in [0.2, 0.25) is 0 Å². The molecule has 0 amide bonds. The molecule has 0 aliphatic heterocycles. The van der Waals surface area contributed by atoms with E-state index < -0.39 is 17.1 Å². The predicted octanol–water partition coefficient (Wildman–Crippen LogP) is 1.08. The van der Waals surface area contributed by atoms with Crippen molar-refractivity contribution in [1.82, 2.24) is 14.8 Å². The molecule has 0 saturated carbocycles. The fraction of sp³-hybridized carbons (Fsp3) is 0.0909. The first-order valence-electron chi connectivity index (χ1n) is 5.26. The highest BCUT2D eigenvalue weighted by Gasteiger charge is 2.11. The molecule has 9 heteroatoms. The number of aromatic carboxylic acids is 1. The molecule has 2 rings (SSSR count). The third kappa shape index (κ3) is 2.99. The zero-order valence-electron chi connectivity index (χ0n) is 10.1. The third-order valence-electron chi connectivity index (χ3n) is 2.33. The number of benzene rings is 1. The van der Waals surface area contributed by atoms with Gasteiger partial charge >= 0.3 is 17.1 Å². The molecule has 1 aromatic heterocycles. The lowest BCUT2D eigenvalue weighted by atomic mass is 10.2. The number of carboxylic acids is 1. The number of nitrogens with zero attached hydrogens (tertiary/aromatic N) is 2. The quantitative estimate of drug-likeness (QED) is 0.796. The van der Waals surface area contributed by atoms with Crippen LogP contribution in [0.3, 0.4) is 0 Å². The van der Waals surface area contributed by atoms with Crippen LogP contribution in [0.1, 0.15) is 10.4 Å². The molecule has 1 aromatic carbocycles. The molecule has 2 aromatic rings. The Morgan fingerprint density at radius 1 is 1.45 bits per heavy atom. The molecule has 0 aliphatic rings. The van der Waals surface area contributed by atoms with E-state index in [0.717, 1.165) is 11.8 Å². The normalized spacial score (nSPS) is 10.5. The average Bonchev–Trinajstić information content (AvgIpc) is 2.35. The summed E-state index contributed by atoms with van der Waals surface area (Å²) >= 11 is 4.30. The van der Waals surface area contributed by atoms with Crippen LogP contribution in [0.15, 0.2) is 42.3 Å². The lowest BCUT2D eigenvalue weighted by molar-refractivity contribution is 0.0696. The number of hydrogen-bond donors (Lipinski definition) is 2. The number of nitrogens with one attached hydrogen (secondary N) is 1. The summed E-state index contributed by atoms with van der Waals surface area (Å²) in [5.41, 5.74) is -1.52. The second-order valence-corrected chi connectivity index (χ2v) is 5.64. The first kappa shape index (κ1) is 14.5. The number of aryl methyl sites for hydroxylation is 1. The minimum Gasteiger partial charge on any atom is -0.478 e. The Kier molecular flexibility index (Phi) is 4.09. The summed E-state index contributed by atoms with van der Waals surface area (Å²) in [5, 5.41) is 11.5. The van der Waals surface area contributed by atoms with Gasteiger partial charge in [0, 0.05) is 16.4 Å². The van der Waals surface area contributed by atoms with E-state index in [2.05, 4.69) is 26.0 Å². The number of aromatic amines is 1. The van der Waals surface area contributed by atoms with Crippen LogP contribution < -0.4 is 11.1 Å². The molecule has 104 valence electrons. The molecule has 0 aliphatic carbocycles. The van der Waals surface area contributed by atoms with Gasteiger partial charge in [0.2, 0.25) is 0 Å². The molecule has 20 heavy (non-hydrogen) atoms. The van der Waals surface area contributed by atoms with Gasteiger partial charge in [-0.25, -0.2) is 4.79 Å². The number of carboxylic acid groups (broad SMARTS) is 1. The maximum absolute atomic E-state index is 11.2. The highest BCUT2D eigenvalue weighted by Crippen LogP contribution is 2.28. The van der Waals surface area contributed by atoms with E-state index in [0.29, 0.717) is 14.5 Å². The van der Waals surface area contributed by atoms with E-state index in [1.165, 1.54) is 10.7 Å². The fourth-order valence-electron chi connectivity index (χ4n) is 1.39. The summed E-state index contributed by atoms with van der Waals surface area (Å²) in [6.45, 7) is 0. The Hall–Kier alpha value is -1.87. The van der Waals surface area contributed by atoms with Crippen LogP contribution in [-0.4, -0.2) is 25.8 Å². The number of aromatic nitrogens is 3. The van der Waals surface area contributed by atoms with Crippen molar-refractivity contribution in [3.8, 4) is 0 Å². The predicted molar refractivity (Wildman–Crippen MR) is 75.3 cm³/mol. The van der Waals surface area contributed by atoms with Crippen molar-refractivity contribution in [2.75, 3.05) is 0 Å². The van der Waals surface area contributed by atoms with E-state index in [9.17, 15) is 14.4 Å². The summed E-state index contributed by atoms with van der Waals surface area (Å²) in [6, 6.07) is 4.64. The largest absolute Gasteiger partial charge is 0.478 e. The van der Waals surface area contributed by atoms with Gasteiger partial charge in [-0.15, -0.1) is 0 Å². The molecule has 0 radical (unpaired) electrons. The molecule has 0 atom stereocenters. The van der Waals surface area contributed by atoms with Crippen molar-refractivity contribution in [2.24, 2.45) is 7.05 Å². The molecule has 0 bridgehead atoms. The average molecular weight is 358 g/mol. The zero-order valence-corrected chi connectivity index (χ0v) is 12.5. The van der Waals surface area contributed by atoms with Crippen molar-refractivity contribution < 1.29 is 9.90 Å². The number of rotatable bonds is 3. The molecule has 1 heterocycles. The van der Waals surface area contributed by atoms with Crippen molar-refractivity contribution in [1.29, 1.82) is 0 Å². The number of hydrogen-bond acceptors (Lipinski definition) is 5. The van der Waals surface area contributed by atoms with Gasteiger partial charge in [0.25, 0.3) is 0 Å². The van der Waals surface area contributed by atoms with E-state index in [4.69, 9.17) is 5.11 Å². The summed E-state index contributed by atoms with van der Waals surface area (Å²) in [6.07, 6.45) is 0. The van der Waals surface area contributed by atoms with E-state index in [1.807, 2.05) is 0 Å². The number of halogens is 1. The highest BCUT2D eigenvalue weighted by atomic mass is 79.9. The first-order chi connectivity index (χ1) is 9.38. The Balaban J connectivity index is 2.38. The molecule has 2 N–H and O–H groups in total. The van der Waals surface area contributed by atoms with Crippen molar-refractivity contribution in [2.45, 2.75) is 10.1 Å². The van der Waals surface area contributed by atoms with E-state index >= 15 is 0 Å². The minimum absolute atomic E-state index is 0.137. The van der Waals surface area contributed by atoms with Crippen molar-refractivity contribution in [3.63, 3.8) is 0 Å². The van der Waals surface area contributed by atoms with Crippen LogP contribution in [-0.2, 0) is 7.05 Å². The van der Waals surface area contributed by atoms with Gasteiger partial charge in [-0.2, -0.15) is 4.98 Å². The van der Waals surface area contributed by atoms with E-state index in [-0.39, 0.29) is 5.56 Å². The topological polar surface area (TPSA) is 105 Å². The number of H-pyrrole nitrogens is 1. The Morgan fingerprint density at radius 3 is 2.75 bits per heavy atom. The second kappa shape index (κ2) is 5.63. The Bertz CT molecular complexity index is 799. The van der Waals surface area contributed by atoms with Crippen LogP contribution in [0.4, 0.5) is 0 Å². The third-order valence-corrected chi connectivity index (χ3v) is 4.02. The lowest BCUT2D eigenvalue weighted by Gasteiger charge is -2.07. The maximum atomic E-state index is 11.2. The molecule has 0 fully saturated rings. The highest BCUT2D eigenvalue weighted by molar-refractivity contribution is 9.10. The maximum Gasteiger partial charge on any atom is 0.339 e. The minimum atomic E-state index is -1.04. The van der Waals surface area contributed by atoms with Gasteiger partial charge in [0.05, 0.1) is 5.56 Å². The van der Waals surface area contributed by atoms with Crippen molar-refractivity contribution >= 4 is 33.7 Å². The Morgan fingerprint density at radius 2 is 2.15 bits per heavy atom. The van der Waals surface area contributed by atoms with Gasteiger partial charge in [0.15, 0.2) is 5.16 Å². The Labute approximate surface area is 124 Å². The standard InChI is InChI=1S/C11H8BrN3O4S/c1-15-11(13-8(16)9(17)14-15)20-5-2-3-6(10(18)19)7(12)4-5/h2-4H,1H3,(H,14,17)(H,18,19). The number of carbonyl (C=O) groups is 1. The molecule has 0 unspecified atom stereocenters. The monoisotopic (exact) mass is 357 g/mol. The summed E-state index contributed by atoms with van der Waals surface area (Å²) < 4.78 is 1.75. The van der Waals surface area contributed by atoms with E-state index in [1.54, 1.807) is 19.2 Å². The molecular formula is C11H8BrN3O4S. The molecule has 0 spiro atoms. The van der Waals surface area contributed by atoms with Gasteiger partial charge in [-0.05, 0) is 34.1 Å². The summed E-state index contributed by atoms with van der Waals surface area (Å²) in [4.78, 5) is 37.5. The van der Waals surface area contributed by atoms with Gasteiger partial charge < -0.3 is 5.11 Å². The first-order valence-corrected chi connectivity index (χ1v) is 6.87. The zero-order chi connectivity index (χ0) is 14.9. The SMILES string of the molecule is Cn1[nH]c(=O)c(=O)nc1Sc1ccc(C(=O)O)c(Br)c1. The van der Waals surface area contributed by atoms with Crippen molar-refractivity contribution in [3.05, 3.63) is 48.9 Å². The van der Waals surface area contributed by atoms with Crippen LogP contribution >= 0.6 is 27.7 Å². The molecular weight excluding hydrogens is 350 g/mol.